The van der Waals surface area contributed by atoms with Crippen molar-refractivity contribution in [2.45, 2.75) is 62.7 Å². The summed E-state index contributed by atoms with van der Waals surface area (Å²) in [6, 6.07) is 2.16. The highest BCUT2D eigenvalue weighted by Gasteiger charge is 2.39. The van der Waals surface area contributed by atoms with Gasteiger partial charge in [0.1, 0.15) is 15.3 Å². The first-order valence-electron chi connectivity index (χ1n) is 11.9. The largest absolute Gasteiger partial charge is 0.462 e. The molecule has 1 unspecified atom stereocenters. The molecule has 0 aliphatic carbocycles. The number of nitrogens with zero attached hydrogens (tertiary/aromatic N) is 2. The Labute approximate surface area is 219 Å². The van der Waals surface area contributed by atoms with E-state index >= 15 is 0 Å². The van der Waals surface area contributed by atoms with Gasteiger partial charge in [-0.05, 0) is 56.8 Å². The van der Waals surface area contributed by atoms with Gasteiger partial charge in [0.25, 0.3) is 10.0 Å². The smallest absolute Gasteiger partial charge is 0.341 e. The zero-order valence-electron chi connectivity index (χ0n) is 19.8. The second-order valence-corrected chi connectivity index (χ2v) is 13.6. The summed E-state index contributed by atoms with van der Waals surface area (Å²) in [5.74, 6) is -0.879. The molecule has 1 saturated heterocycles. The van der Waals surface area contributed by atoms with Gasteiger partial charge in [-0.25, -0.2) is 13.2 Å². The molecule has 4 heterocycles. The number of esters is 1. The molecule has 35 heavy (non-hydrogen) atoms. The Morgan fingerprint density at radius 3 is 2.69 bits per heavy atom. The minimum absolute atomic E-state index is 0.122. The van der Waals surface area contributed by atoms with Crippen LogP contribution in [0, 0.1) is 0 Å². The summed E-state index contributed by atoms with van der Waals surface area (Å²) in [6.45, 7) is 6.90. The molecule has 2 aromatic rings. The van der Waals surface area contributed by atoms with E-state index < -0.39 is 27.9 Å². The number of amides is 1. The van der Waals surface area contributed by atoms with Crippen LogP contribution in [0.4, 0.5) is 5.00 Å². The van der Waals surface area contributed by atoms with Gasteiger partial charge in [-0.3, -0.25) is 9.69 Å². The van der Waals surface area contributed by atoms with Gasteiger partial charge in [0.05, 0.1) is 16.5 Å². The number of hydrogen-bond donors (Lipinski definition) is 1. The predicted octanol–water partition coefficient (Wildman–Crippen LogP) is 4.59. The minimum Gasteiger partial charge on any atom is -0.462 e. The van der Waals surface area contributed by atoms with Gasteiger partial charge in [-0.15, -0.1) is 22.7 Å². The van der Waals surface area contributed by atoms with E-state index in [1.165, 1.54) is 21.7 Å². The molecule has 8 nitrogen and oxygen atoms in total. The van der Waals surface area contributed by atoms with Crippen LogP contribution in [0.1, 0.15) is 60.3 Å². The van der Waals surface area contributed by atoms with Crippen molar-refractivity contribution in [2.24, 2.45) is 0 Å². The highest BCUT2D eigenvalue weighted by molar-refractivity contribution is 7.91. The van der Waals surface area contributed by atoms with E-state index in [9.17, 15) is 18.0 Å². The number of piperidine rings is 1. The monoisotopic (exact) mass is 559 g/mol. The fraction of sp³-hybridized carbons (Fsp3) is 0.565. The van der Waals surface area contributed by atoms with E-state index in [-0.39, 0.29) is 17.4 Å². The molecule has 1 N–H and O–H groups in total. The van der Waals surface area contributed by atoms with E-state index in [4.69, 9.17) is 16.3 Å². The van der Waals surface area contributed by atoms with Crippen molar-refractivity contribution in [3.05, 3.63) is 32.5 Å². The Morgan fingerprint density at radius 2 is 2.00 bits per heavy atom. The first-order chi connectivity index (χ1) is 16.8. The van der Waals surface area contributed by atoms with E-state index in [0.717, 1.165) is 54.3 Å². The molecule has 0 spiro atoms. The standard InChI is InChI=1S/C23H30ClN3O5S3/c1-3-11-26-13-10-15-17(14-26)33-22(20(15)23(29)32-4-2)25-21(28)16-7-5-6-12-27(16)35(30,31)19-9-8-18(24)34-19/h8-9,16H,3-7,10-14H2,1-2H3,(H,25,28). The average Bonchev–Trinajstić information content (AvgIpc) is 3.42. The molecular weight excluding hydrogens is 530 g/mol. The van der Waals surface area contributed by atoms with Gasteiger partial charge < -0.3 is 10.1 Å². The van der Waals surface area contributed by atoms with Crippen molar-refractivity contribution in [2.75, 3.05) is 31.6 Å². The summed E-state index contributed by atoms with van der Waals surface area (Å²) in [5, 5.41) is 3.36. The number of carbonyl (C=O) groups is 2. The lowest BCUT2D eigenvalue weighted by molar-refractivity contribution is -0.120. The normalized spacial score (nSPS) is 19.3. The van der Waals surface area contributed by atoms with E-state index in [0.29, 0.717) is 34.2 Å². The number of anilines is 1. The summed E-state index contributed by atoms with van der Waals surface area (Å²) in [6.07, 6.45) is 3.58. The fourth-order valence-electron chi connectivity index (χ4n) is 4.67. The summed E-state index contributed by atoms with van der Waals surface area (Å²) in [5.41, 5.74) is 1.34. The number of hydrogen-bond acceptors (Lipinski definition) is 8. The molecule has 0 bridgehead atoms. The van der Waals surface area contributed by atoms with Crippen LogP contribution in [0.2, 0.25) is 4.34 Å². The molecule has 0 saturated carbocycles. The molecule has 2 aliphatic heterocycles. The first-order valence-corrected chi connectivity index (χ1v) is 15.3. The molecule has 1 fully saturated rings. The van der Waals surface area contributed by atoms with Gasteiger partial charge >= 0.3 is 5.97 Å². The Balaban J connectivity index is 1.62. The maximum Gasteiger partial charge on any atom is 0.341 e. The SMILES string of the molecule is CCCN1CCc2c(sc(NC(=O)C3CCCCN3S(=O)(=O)c3ccc(Cl)s3)c2C(=O)OCC)C1. The number of thiophene rings is 2. The third-order valence-electron chi connectivity index (χ3n) is 6.26. The molecular formula is C23H30ClN3O5S3. The van der Waals surface area contributed by atoms with Crippen molar-refractivity contribution in [1.29, 1.82) is 0 Å². The second-order valence-electron chi connectivity index (χ2n) is 8.63. The van der Waals surface area contributed by atoms with Crippen molar-refractivity contribution in [1.82, 2.24) is 9.21 Å². The van der Waals surface area contributed by atoms with E-state index in [1.54, 1.807) is 13.0 Å². The van der Waals surface area contributed by atoms with Crippen molar-refractivity contribution < 1.29 is 22.7 Å². The molecule has 192 valence electrons. The highest BCUT2D eigenvalue weighted by Crippen LogP contribution is 2.39. The quantitative estimate of drug-likeness (QED) is 0.475. The third-order valence-corrected chi connectivity index (χ3v) is 11.0. The molecule has 1 atom stereocenters. The molecule has 12 heteroatoms. The van der Waals surface area contributed by atoms with Crippen LogP contribution in [0.3, 0.4) is 0 Å². The summed E-state index contributed by atoms with van der Waals surface area (Å²) in [7, 11) is -3.87. The number of carbonyl (C=O) groups excluding carboxylic acids is 2. The maximum atomic E-state index is 13.5. The topological polar surface area (TPSA) is 96.0 Å². The van der Waals surface area contributed by atoms with Crippen LogP contribution in [-0.2, 0) is 32.5 Å². The molecule has 1 amide bonds. The van der Waals surface area contributed by atoms with Gasteiger partial charge in [0.2, 0.25) is 5.91 Å². The van der Waals surface area contributed by atoms with Gasteiger partial charge in [-0.2, -0.15) is 4.31 Å². The first kappa shape index (κ1) is 26.6. The number of nitrogens with one attached hydrogen (secondary N) is 1. The number of fused-ring (bicyclic) bond motifs is 1. The van der Waals surface area contributed by atoms with Crippen LogP contribution in [0.15, 0.2) is 16.3 Å². The summed E-state index contributed by atoms with van der Waals surface area (Å²) >= 11 is 8.34. The van der Waals surface area contributed by atoms with Crippen LogP contribution in [0.25, 0.3) is 0 Å². The number of halogens is 1. The van der Waals surface area contributed by atoms with Crippen LogP contribution in [-0.4, -0.2) is 61.8 Å². The highest BCUT2D eigenvalue weighted by atomic mass is 35.5. The van der Waals surface area contributed by atoms with E-state index in [2.05, 4.69) is 17.1 Å². The number of sulfonamides is 1. The lowest BCUT2D eigenvalue weighted by Crippen LogP contribution is -2.49. The Morgan fingerprint density at radius 1 is 1.20 bits per heavy atom. The lowest BCUT2D eigenvalue weighted by atomic mass is 10.0. The Kier molecular flexibility index (Phi) is 8.55. The fourth-order valence-corrected chi connectivity index (χ4v) is 9.22. The maximum absolute atomic E-state index is 13.5. The number of ether oxygens (including phenoxy) is 1. The molecule has 0 radical (unpaired) electrons. The molecule has 0 aromatic carbocycles. The van der Waals surface area contributed by atoms with E-state index in [1.807, 2.05) is 0 Å². The van der Waals surface area contributed by atoms with Crippen LogP contribution < -0.4 is 5.32 Å². The Bertz CT molecular complexity index is 1190. The number of rotatable bonds is 8. The minimum atomic E-state index is -3.87. The zero-order valence-corrected chi connectivity index (χ0v) is 23.0. The predicted molar refractivity (Wildman–Crippen MR) is 139 cm³/mol. The van der Waals surface area contributed by atoms with Crippen LogP contribution >= 0.6 is 34.3 Å². The van der Waals surface area contributed by atoms with Gasteiger partial charge in [-0.1, -0.05) is 24.9 Å². The molecule has 2 aliphatic rings. The van der Waals surface area contributed by atoms with Gasteiger partial charge in [0, 0.05) is 24.5 Å². The lowest BCUT2D eigenvalue weighted by Gasteiger charge is -2.33. The molecule has 2 aromatic heterocycles. The Hall–Kier alpha value is -1.50. The second kappa shape index (κ2) is 11.3. The zero-order chi connectivity index (χ0) is 25.2. The van der Waals surface area contributed by atoms with Gasteiger partial charge in [0.15, 0.2) is 0 Å². The summed E-state index contributed by atoms with van der Waals surface area (Å²) in [4.78, 5) is 29.7. The molecule has 4 rings (SSSR count). The van der Waals surface area contributed by atoms with Crippen LogP contribution in [0.5, 0.6) is 0 Å². The van der Waals surface area contributed by atoms with Crippen molar-refractivity contribution in [3.63, 3.8) is 0 Å². The summed E-state index contributed by atoms with van der Waals surface area (Å²) < 4.78 is 33.7. The third kappa shape index (κ3) is 5.60. The average molecular weight is 560 g/mol. The van der Waals surface area contributed by atoms with Crippen molar-refractivity contribution >= 4 is 61.2 Å². The van der Waals surface area contributed by atoms with Crippen molar-refractivity contribution in [3.8, 4) is 0 Å².